The molecule has 1 rings (SSSR count). The Morgan fingerprint density at radius 2 is 0.836 bits per heavy atom. The molecule has 384 valence electrons. The standard InChI is InChI=1S/C55H96N4O8/c1-3-5-7-9-11-13-15-17-19-21-23-25-29-36-42-56-51(61)44-48(54(65)57-43-37-30-26-24-22-20-18-16-14-12-10-8-6-4-2)58-52(62)45-49(55(66)67-46-47-38-32-31-33-39-47)59-50(60)40-34-27-28-35-41-53(63)64/h31-33,38-39,48-49H,3-30,34-37,40-46H2,1-2H3,(H,56,61)(H,57,65)(H,58,62)(H,59,60)(H,63,64)/t48-,49-/m0/s1. The average molecular weight is 941 g/mol. The summed E-state index contributed by atoms with van der Waals surface area (Å²) in [7, 11) is 0. The van der Waals surface area contributed by atoms with Gasteiger partial charge in [-0.05, 0) is 31.2 Å². The number of rotatable bonds is 47. The molecule has 0 saturated carbocycles. The summed E-state index contributed by atoms with van der Waals surface area (Å²) >= 11 is 0. The Bertz CT molecular complexity index is 1410. The summed E-state index contributed by atoms with van der Waals surface area (Å²) in [6.45, 7) is 5.35. The van der Waals surface area contributed by atoms with Gasteiger partial charge in [-0.1, -0.05) is 224 Å². The number of carbonyl (C=O) groups is 6. The molecule has 0 aromatic heterocycles. The zero-order chi connectivity index (χ0) is 48.8. The lowest BCUT2D eigenvalue weighted by Crippen LogP contribution is -2.51. The van der Waals surface area contributed by atoms with Crippen LogP contribution in [0.4, 0.5) is 0 Å². The fraction of sp³-hybridized carbons (Fsp3) is 0.782. The van der Waals surface area contributed by atoms with E-state index in [9.17, 15) is 28.8 Å². The number of nitrogens with one attached hydrogen (secondary N) is 4. The lowest BCUT2D eigenvalue weighted by atomic mass is 10.0. The van der Waals surface area contributed by atoms with Crippen LogP contribution in [-0.2, 0) is 40.1 Å². The maximum atomic E-state index is 13.6. The number of esters is 1. The number of amides is 4. The number of carboxylic acids is 1. The zero-order valence-electron chi connectivity index (χ0n) is 42.4. The number of carboxylic acid groups (broad SMARTS) is 1. The molecule has 0 heterocycles. The van der Waals surface area contributed by atoms with Gasteiger partial charge in [-0.15, -0.1) is 0 Å². The van der Waals surface area contributed by atoms with Crippen molar-refractivity contribution in [3.05, 3.63) is 35.9 Å². The lowest BCUT2D eigenvalue weighted by Gasteiger charge is -2.21. The Morgan fingerprint density at radius 3 is 1.30 bits per heavy atom. The van der Waals surface area contributed by atoms with Crippen molar-refractivity contribution in [2.24, 2.45) is 0 Å². The van der Waals surface area contributed by atoms with E-state index in [0.717, 1.165) is 44.1 Å². The summed E-state index contributed by atoms with van der Waals surface area (Å²) in [5, 5.41) is 20.1. The maximum absolute atomic E-state index is 13.6. The van der Waals surface area contributed by atoms with Crippen LogP contribution in [0.25, 0.3) is 0 Å². The first-order valence-electron chi connectivity index (χ1n) is 27.2. The van der Waals surface area contributed by atoms with E-state index < -0.39 is 48.2 Å². The molecule has 0 aliphatic carbocycles. The second-order valence-corrected chi connectivity index (χ2v) is 18.9. The maximum Gasteiger partial charge on any atom is 0.329 e. The molecule has 0 bridgehead atoms. The summed E-state index contributed by atoms with van der Waals surface area (Å²) < 4.78 is 5.51. The van der Waals surface area contributed by atoms with Crippen molar-refractivity contribution in [3.63, 3.8) is 0 Å². The molecule has 0 aliphatic rings. The molecule has 0 unspecified atom stereocenters. The molecule has 4 amide bonds. The molecule has 0 spiro atoms. The third-order valence-electron chi connectivity index (χ3n) is 12.5. The van der Waals surface area contributed by atoms with E-state index in [-0.39, 0.29) is 31.8 Å². The first kappa shape index (κ1) is 61.1. The second kappa shape index (κ2) is 44.5. The fourth-order valence-corrected chi connectivity index (χ4v) is 8.31. The van der Waals surface area contributed by atoms with Gasteiger partial charge in [-0.2, -0.15) is 0 Å². The van der Waals surface area contributed by atoms with E-state index >= 15 is 0 Å². The van der Waals surface area contributed by atoms with Gasteiger partial charge in [-0.25, -0.2) is 4.79 Å². The molecule has 5 N–H and O–H groups in total. The van der Waals surface area contributed by atoms with Crippen LogP contribution in [-0.4, -0.2) is 65.8 Å². The minimum atomic E-state index is -1.32. The molecule has 0 radical (unpaired) electrons. The smallest absolute Gasteiger partial charge is 0.329 e. The van der Waals surface area contributed by atoms with Crippen molar-refractivity contribution in [2.45, 2.75) is 264 Å². The molecular weight excluding hydrogens is 845 g/mol. The van der Waals surface area contributed by atoms with Gasteiger partial charge in [-0.3, -0.25) is 24.0 Å². The van der Waals surface area contributed by atoms with Gasteiger partial charge in [0.05, 0.1) is 12.8 Å². The second-order valence-electron chi connectivity index (χ2n) is 18.9. The third-order valence-corrected chi connectivity index (χ3v) is 12.5. The van der Waals surface area contributed by atoms with Crippen molar-refractivity contribution >= 4 is 35.6 Å². The normalized spacial score (nSPS) is 12.0. The minimum absolute atomic E-state index is 0.0546. The highest BCUT2D eigenvalue weighted by Crippen LogP contribution is 2.15. The number of hydrogen-bond acceptors (Lipinski definition) is 7. The van der Waals surface area contributed by atoms with Crippen LogP contribution < -0.4 is 21.3 Å². The number of hydrogen-bond donors (Lipinski definition) is 5. The van der Waals surface area contributed by atoms with Crippen LogP contribution in [0.3, 0.4) is 0 Å². The summed E-state index contributed by atoms with van der Waals surface area (Å²) in [5.74, 6) is -3.59. The Labute approximate surface area is 406 Å². The molecule has 12 nitrogen and oxygen atoms in total. The predicted octanol–water partition coefficient (Wildman–Crippen LogP) is 12.1. The molecule has 67 heavy (non-hydrogen) atoms. The molecule has 12 heteroatoms. The van der Waals surface area contributed by atoms with Crippen LogP contribution in [0.15, 0.2) is 30.3 Å². The van der Waals surface area contributed by atoms with Crippen LogP contribution in [0, 0.1) is 0 Å². The number of unbranched alkanes of at least 4 members (excludes halogenated alkanes) is 29. The van der Waals surface area contributed by atoms with Crippen LogP contribution in [0.5, 0.6) is 0 Å². The van der Waals surface area contributed by atoms with E-state index in [2.05, 4.69) is 35.1 Å². The topological polar surface area (TPSA) is 180 Å². The number of ether oxygens (including phenoxy) is 1. The van der Waals surface area contributed by atoms with Gasteiger partial charge in [0.25, 0.3) is 0 Å². The molecular formula is C55H96N4O8. The molecule has 0 fully saturated rings. The van der Waals surface area contributed by atoms with Crippen LogP contribution in [0.2, 0.25) is 0 Å². The third kappa shape index (κ3) is 38.7. The summed E-state index contributed by atoms with van der Waals surface area (Å²) in [6, 6.07) is 6.57. The highest BCUT2D eigenvalue weighted by molar-refractivity contribution is 5.94. The quantitative estimate of drug-likeness (QED) is 0.0316. The molecule has 0 aliphatic heterocycles. The predicted molar refractivity (Wildman–Crippen MR) is 271 cm³/mol. The Morgan fingerprint density at radius 1 is 0.448 bits per heavy atom. The van der Waals surface area contributed by atoms with Gasteiger partial charge < -0.3 is 31.1 Å². The van der Waals surface area contributed by atoms with E-state index in [1.165, 1.54) is 141 Å². The summed E-state index contributed by atoms with van der Waals surface area (Å²) in [6.07, 6.45) is 36.2. The van der Waals surface area contributed by atoms with E-state index in [4.69, 9.17) is 9.84 Å². The van der Waals surface area contributed by atoms with E-state index in [1.54, 1.807) is 12.1 Å². The van der Waals surface area contributed by atoms with E-state index in [0.29, 0.717) is 38.8 Å². The van der Waals surface area contributed by atoms with Crippen molar-refractivity contribution in [1.82, 2.24) is 21.3 Å². The number of benzene rings is 1. The molecule has 1 aromatic rings. The molecule has 1 aromatic carbocycles. The van der Waals surface area contributed by atoms with Crippen molar-refractivity contribution in [3.8, 4) is 0 Å². The largest absolute Gasteiger partial charge is 0.481 e. The van der Waals surface area contributed by atoms with Gasteiger partial charge in [0.1, 0.15) is 18.7 Å². The highest BCUT2D eigenvalue weighted by atomic mass is 16.5. The highest BCUT2D eigenvalue weighted by Gasteiger charge is 2.29. The molecule has 2 atom stereocenters. The number of aliphatic carboxylic acids is 1. The number of carbonyl (C=O) groups excluding carboxylic acids is 5. The first-order valence-corrected chi connectivity index (χ1v) is 27.2. The Balaban J connectivity index is 2.71. The Kier molecular flexibility index (Phi) is 40.6. The van der Waals surface area contributed by atoms with Crippen molar-refractivity contribution in [2.75, 3.05) is 13.1 Å². The van der Waals surface area contributed by atoms with Crippen LogP contribution >= 0.6 is 0 Å². The van der Waals surface area contributed by atoms with Crippen molar-refractivity contribution < 1.29 is 38.6 Å². The monoisotopic (exact) mass is 941 g/mol. The minimum Gasteiger partial charge on any atom is -0.481 e. The SMILES string of the molecule is CCCCCCCCCCCCCCCCNC(=O)C[C@H](NC(=O)C[C@H](NC(=O)CCCCCCC(=O)O)C(=O)OCc1ccccc1)C(=O)NCCCCCCCCCCCCCCCC. The van der Waals surface area contributed by atoms with Gasteiger partial charge in [0.2, 0.25) is 23.6 Å². The first-order chi connectivity index (χ1) is 32.7. The van der Waals surface area contributed by atoms with Crippen LogP contribution in [0.1, 0.15) is 251 Å². The fourth-order valence-electron chi connectivity index (χ4n) is 8.31. The van der Waals surface area contributed by atoms with E-state index in [1.807, 2.05) is 18.2 Å². The average Bonchev–Trinajstić information content (AvgIpc) is 3.31. The van der Waals surface area contributed by atoms with Gasteiger partial charge in [0, 0.05) is 25.9 Å². The summed E-state index contributed by atoms with van der Waals surface area (Å²) in [5.41, 5.74) is 0.738. The summed E-state index contributed by atoms with van der Waals surface area (Å²) in [4.78, 5) is 77.4. The van der Waals surface area contributed by atoms with Gasteiger partial charge >= 0.3 is 11.9 Å². The lowest BCUT2D eigenvalue weighted by molar-refractivity contribution is -0.150. The zero-order valence-corrected chi connectivity index (χ0v) is 42.4. The Hall–Kier alpha value is -3.96. The van der Waals surface area contributed by atoms with Gasteiger partial charge in [0.15, 0.2) is 0 Å². The molecule has 0 saturated heterocycles. The van der Waals surface area contributed by atoms with Crippen molar-refractivity contribution in [1.29, 1.82) is 0 Å².